The predicted octanol–water partition coefficient (Wildman–Crippen LogP) is 2.83. The Balaban J connectivity index is 1.63. The Bertz CT molecular complexity index is 1030. The van der Waals surface area contributed by atoms with E-state index in [1.165, 1.54) is 24.3 Å². The summed E-state index contributed by atoms with van der Waals surface area (Å²) in [6.45, 7) is 0.600. The standard InChI is InChI=1S/C21H19FN4O3/c22-15-7-5-14(6-8-15)19(27)11-18-17-3-1-2-4-20(17)29-13-16-12-26(25-24-16)10-9-21(28)23-18/h1-8,12,18H,9-11,13H2,(H,23,28). The normalized spacial score (nSPS) is 16.6. The Morgan fingerprint density at radius 2 is 2.00 bits per heavy atom. The molecule has 2 aromatic carbocycles. The fraction of sp³-hybridized carbons (Fsp3) is 0.238. The molecule has 3 aromatic rings. The molecule has 0 saturated heterocycles. The summed E-state index contributed by atoms with van der Waals surface area (Å²) in [7, 11) is 0. The smallest absolute Gasteiger partial charge is 0.222 e. The summed E-state index contributed by atoms with van der Waals surface area (Å²) in [6.07, 6.45) is 1.97. The summed E-state index contributed by atoms with van der Waals surface area (Å²) >= 11 is 0. The van der Waals surface area contributed by atoms with Crippen molar-refractivity contribution in [3.05, 3.63) is 77.4 Å². The first-order valence-electron chi connectivity index (χ1n) is 9.27. The Hall–Kier alpha value is -3.55. The lowest BCUT2D eigenvalue weighted by Gasteiger charge is -2.22. The van der Waals surface area contributed by atoms with Crippen molar-refractivity contribution in [1.29, 1.82) is 0 Å². The van der Waals surface area contributed by atoms with E-state index in [1.54, 1.807) is 16.9 Å². The molecule has 4 rings (SSSR count). The van der Waals surface area contributed by atoms with Crippen LogP contribution in [0.1, 0.15) is 40.5 Å². The molecule has 0 aliphatic carbocycles. The fourth-order valence-corrected chi connectivity index (χ4v) is 3.23. The highest BCUT2D eigenvalue weighted by Gasteiger charge is 2.23. The number of fused-ring (bicyclic) bond motifs is 3. The molecular formula is C21H19FN4O3. The minimum absolute atomic E-state index is 0.0267. The number of aromatic nitrogens is 3. The lowest BCUT2D eigenvalue weighted by atomic mass is 9.97. The number of para-hydroxylation sites is 1. The van der Waals surface area contributed by atoms with Crippen molar-refractivity contribution in [2.24, 2.45) is 0 Å². The largest absolute Gasteiger partial charge is 0.487 e. The summed E-state index contributed by atoms with van der Waals surface area (Å²) < 4.78 is 20.7. The first-order chi connectivity index (χ1) is 14.1. The van der Waals surface area contributed by atoms with Crippen molar-refractivity contribution in [2.75, 3.05) is 0 Å². The molecule has 2 bridgehead atoms. The molecule has 1 unspecified atom stereocenters. The molecule has 148 valence electrons. The maximum absolute atomic E-state index is 13.2. The van der Waals surface area contributed by atoms with Gasteiger partial charge in [0.1, 0.15) is 23.9 Å². The number of hydrogen-bond donors (Lipinski definition) is 1. The van der Waals surface area contributed by atoms with Crippen LogP contribution in [0, 0.1) is 5.82 Å². The molecule has 1 aromatic heterocycles. The molecule has 0 fully saturated rings. The second kappa shape index (κ2) is 8.22. The number of carbonyl (C=O) groups is 2. The molecule has 1 amide bonds. The molecular weight excluding hydrogens is 375 g/mol. The number of ketones is 1. The number of carbonyl (C=O) groups excluding carboxylic acids is 2. The fourth-order valence-electron chi connectivity index (χ4n) is 3.23. The molecule has 7 nitrogen and oxygen atoms in total. The number of halogens is 1. The third-order valence-electron chi connectivity index (χ3n) is 4.71. The van der Waals surface area contributed by atoms with E-state index in [2.05, 4.69) is 15.6 Å². The van der Waals surface area contributed by atoms with Crippen molar-refractivity contribution in [3.8, 4) is 5.75 Å². The van der Waals surface area contributed by atoms with Gasteiger partial charge in [-0.05, 0) is 30.3 Å². The second-order valence-electron chi connectivity index (χ2n) is 6.80. The van der Waals surface area contributed by atoms with Gasteiger partial charge in [0.25, 0.3) is 0 Å². The third kappa shape index (κ3) is 4.48. The number of Topliss-reactive ketones (excluding diaryl/α,β-unsaturated/α-hetero) is 1. The van der Waals surface area contributed by atoms with Crippen LogP contribution in [-0.2, 0) is 17.9 Å². The van der Waals surface area contributed by atoms with E-state index in [0.717, 1.165) is 0 Å². The van der Waals surface area contributed by atoms with Gasteiger partial charge in [-0.15, -0.1) is 5.10 Å². The summed E-state index contributed by atoms with van der Waals surface area (Å²) in [5.41, 5.74) is 1.74. The maximum atomic E-state index is 13.2. The van der Waals surface area contributed by atoms with E-state index < -0.39 is 11.9 Å². The number of aryl methyl sites for hydroxylation is 1. The van der Waals surface area contributed by atoms with Crippen LogP contribution in [0.25, 0.3) is 0 Å². The average Bonchev–Trinajstić information content (AvgIpc) is 3.18. The summed E-state index contributed by atoms with van der Waals surface area (Å²) in [5, 5.41) is 11.0. The van der Waals surface area contributed by atoms with Crippen LogP contribution >= 0.6 is 0 Å². The SMILES string of the molecule is O=C1CCn2cc(nn2)COc2ccccc2C(CC(=O)c2ccc(F)cc2)N1. The zero-order valence-electron chi connectivity index (χ0n) is 15.5. The van der Waals surface area contributed by atoms with E-state index >= 15 is 0 Å². The van der Waals surface area contributed by atoms with Crippen LogP contribution in [0.5, 0.6) is 5.75 Å². The van der Waals surface area contributed by atoms with Gasteiger partial charge in [0.15, 0.2) is 5.78 Å². The Morgan fingerprint density at radius 1 is 1.21 bits per heavy atom. The monoisotopic (exact) mass is 394 g/mol. The number of hydrogen-bond acceptors (Lipinski definition) is 5. The van der Waals surface area contributed by atoms with E-state index in [-0.39, 0.29) is 31.1 Å². The molecule has 1 aliphatic heterocycles. The van der Waals surface area contributed by atoms with Crippen molar-refractivity contribution >= 4 is 11.7 Å². The van der Waals surface area contributed by atoms with Gasteiger partial charge < -0.3 is 10.1 Å². The van der Waals surface area contributed by atoms with Crippen LogP contribution < -0.4 is 10.1 Å². The molecule has 2 heterocycles. The Labute approximate surface area is 166 Å². The number of rotatable bonds is 3. The number of amides is 1. The number of ether oxygens (including phenoxy) is 1. The lowest BCUT2D eigenvalue weighted by molar-refractivity contribution is -0.122. The zero-order chi connectivity index (χ0) is 20.2. The zero-order valence-corrected chi connectivity index (χ0v) is 15.5. The summed E-state index contributed by atoms with van der Waals surface area (Å²) in [6, 6.07) is 12.0. The lowest BCUT2D eigenvalue weighted by Crippen LogP contribution is -2.31. The quantitative estimate of drug-likeness (QED) is 0.691. The van der Waals surface area contributed by atoms with Gasteiger partial charge in [-0.3, -0.25) is 14.3 Å². The molecule has 1 aliphatic rings. The highest BCUT2D eigenvalue weighted by molar-refractivity contribution is 5.96. The second-order valence-corrected chi connectivity index (χ2v) is 6.80. The average molecular weight is 394 g/mol. The maximum Gasteiger partial charge on any atom is 0.222 e. The topological polar surface area (TPSA) is 86.1 Å². The summed E-state index contributed by atoms with van der Waals surface area (Å²) in [5.74, 6) is -0.266. The van der Waals surface area contributed by atoms with Crippen molar-refractivity contribution in [1.82, 2.24) is 20.3 Å². The van der Waals surface area contributed by atoms with Gasteiger partial charge in [-0.1, -0.05) is 23.4 Å². The minimum atomic E-state index is -0.578. The Morgan fingerprint density at radius 3 is 2.83 bits per heavy atom. The first-order valence-corrected chi connectivity index (χ1v) is 9.27. The van der Waals surface area contributed by atoms with Crippen molar-refractivity contribution in [2.45, 2.75) is 32.0 Å². The molecule has 0 radical (unpaired) electrons. The number of nitrogens with zero attached hydrogens (tertiary/aromatic N) is 3. The van der Waals surface area contributed by atoms with E-state index in [0.29, 0.717) is 29.1 Å². The molecule has 1 atom stereocenters. The summed E-state index contributed by atoms with van der Waals surface area (Å²) in [4.78, 5) is 25.3. The van der Waals surface area contributed by atoms with Gasteiger partial charge in [0, 0.05) is 24.0 Å². The van der Waals surface area contributed by atoms with Crippen LogP contribution in [0.3, 0.4) is 0 Å². The number of benzene rings is 2. The molecule has 29 heavy (non-hydrogen) atoms. The highest BCUT2D eigenvalue weighted by Crippen LogP contribution is 2.29. The van der Waals surface area contributed by atoms with Gasteiger partial charge in [0.2, 0.25) is 5.91 Å². The van der Waals surface area contributed by atoms with Crippen LogP contribution in [-0.4, -0.2) is 26.7 Å². The predicted molar refractivity (Wildman–Crippen MR) is 102 cm³/mol. The van der Waals surface area contributed by atoms with E-state index in [1.807, 2.05) is 18.2 Å². The third-order valence-corrected chi connectivity index (χ3v) is 4.71. The molecule has 0 spiro atoms. The van der Waals surface area contributed by atoms with Gasteiger partial charge in [-0.2, -0.15) is 0 Å². The van der Waals surface area contributed by atoms with Crippen LogP contribution in [0.15, 0.2) is 54.7 Å². The molecule has 0 saturated carbocycles. The van der Waals surface area contributed by atoms with E-state index in [4.69, 9.17) is 4.74 Å². The molecule has 8 heteroatoms. The van der Waals surface area contributed by atoms with Gasteiger partial charge in [-0.25, -0.2) is 4.39 Å². The van der Waals surface area contributed by atoms with Crippen molar-refractivity contribution in [3.63, 3.8) is 0 Å². The highest BCUT2D eigenvalue weighted by atomic mass is 19.1. The van der Waals surface area contributed by atoms with Gasteiger partial charge in [0.05, 0.1) is 18.8 Å². The van der Waals surface area contributed by atoms with Gasteiger partial charge >= 0.3 is 0 Å². The van der Waals surface area contributed by atoms with Crippen LogP contribution in [0.2, 0.25) is 0 Å². The van der Waals surface area contributed by atoms with E-state index in [9.17, 15) is 14.0 Å². The van der Waals surface area contributed by atoms with Crippen molar-refractivity contribution < 1.29 is 18.7 Å². The first kappa shape index (κ1) is 18.8. The van der Waals surface area contributed by atoms with Crippen LogP contribution in [0.4, 0.5) is 4.39 Å². The number of nitrogens with one attached hydrogen (secondary N) is 1. The Kier molecular flexibility index (Phi) is 5.33. The molecule has 1 N–H and O–H groups in total. The minimum Gasteiger partial charge on any atom is -0.487 e.